The van der Waals surface area contributed by atoms with Gasteiger partial charge < -0.3 is 26.4 Å². The Bertz CT molecular complexity index is 654. The summed E-state index contributed by atoms with van der Waals surface area (Å²) >= 11 is 1.13. The zero-order valence-electron chi connectivity index (χ0n) is 15.4. The van der Waals surface area contributed by atoms with Crippen molar-refractivity contribution in [2.24, 2.45) is 11.7 Å². The lowest BCUT2D eigenvalue weighted by atomic mass is 10.1. The van der Waals surface area contributed by atoms with Gasteiger partial charge in [0.1, 0.15) is 29.4 Å². The number of nitrogens with two attached hydrogens (primary N) is 2. The number of carbonyl (C=O) groups excluding carboxylic acids is 1. The lowest BCUT2D eigenvalue weighted by Gasteiger charge is -2.24. The minimum absolute atomic E-state index is 0.0679. The van der Waals surface area contributed by atoms with Gasteiger partial charge in [-0.05, 0) is 12.0 Å². The highest BCUT2D eigenvalue weighted by atomic mass is 32.2. The van der Waals surface area contributed by atoms with Crippen molar-refractivity contribution in [1.82, 2.24) is 9.55 Å². The molecule has 10 heteroatoms. The fraction of sp³-hybridized carbons (Fsp3) is 0.688. The molecule has 1 aliphatic heterocycles. The van der Waals surface area contributed by atoms with Crippen molar-refractivity contribution in [2.75, 3.05) is 12.3 Å². The van der Waals surface area contributed by atoms with Gasteiger partial charge in [0.2, 0.25) is 0 Å². The standard InChI is InChI=1S/C14H22N4O5S.C2H6/c1-6(2)9(16)13(21)23-11-7(5-19)24-12(10(11)20)18-4-3-8(15)17-14(18)22;1-2/h3-4,6-7,9-12,19-20H,5,16H2,1-2H3,(H2,15,17,22);1-2H3. The second-order valence-corrected chi connectivity index (χ2v) is 7.31. The minimum atomic E-state index is -1.20. The van der Waals surface area contributed by atoms with E-state index in [1.54, 1.807) is 13.8 Å². The van der Waals surface area contributed by atoms with Gasteiger partial charge in [-0.25, -0.2) is 4.79 Å². The van der Waals surface area contributed by atoms with Crippen LogP contribution in [0.1, 0.15) is 33.1 Å². The summed E-state index contributed by atoms with van der Waals surface area (Å²) in [4.78, 5) is 27.6. The van der Waals surface area contributed by atoms with E-state index in [1.807, 2.05) is 13.8 Å². The molecule has 5 unspecified atom stereocenters. The average molecular weight is 388 g/mol. The SMILES string of the molecule is CC.CC(C)C(N)C(=O)OC1C(CO)SC(n2ccc(N)nc2=O)C1O. The van der Waals surface area contributed by atoms with Crippen molar-refractivity contribution in [2.45, 2.75) is 56.6 Å². The highest BCUT2D eigenvalue weighted by Gasteiger charge is 2.47. The number of aliphatic hydroxyl groups excluding tert-OH is 2. The summed E-state index contributed by atoms with van der Waals surface area (Å²) in [5, 5.41) is 18.7. The molecule has 0 aromatic carbocycles. The average Bonchev–Trinajstić information content (AvgIpc) is 2.92. The van der Waals surface area contributed by atoms with Gasteiger partial charge in [0.25, 0.3) is 0 Å². The van der Waals surface area contributed by atoms with Crippen LogP contribution in [0.3, 0.4) is 0 Å². The monoisotopic (exact) mass is 388 g/mol. The van der Waals surface area contributed by atoms with Crippen LogP contribution in [-0.4, -0.2) is 55.8 Å². The van der Waals surface area contributed by atoms with Crippen LogP contribution in [0, 0.1) is 5.92 Å². The highest BCUT2D eigenvalue weighted by molar-refractivity contribution is 8.00. The van der Waals surface area contributed by atoms with E-state index in [4.69, 9.17) is 16.2 Å². The number of thioether (sulfide) groups is 1. The number of nitrogens with zero attached hydrogens (tertiary/aromatic N) is 2. The molecule has 1 fully saturated rings. The van der Waals surface area contributed by atoms with E-state index in [0.29, 0.717) is 0 Å². The van der Waals surface area contributed by atoms with Crippen molar-refractivity contribution in [3.63, 3.8) is 0 Å². The van der Waals surface area contributed by atoms with Gasteiger partial charge in [-0.1, -0.05) is 27.7 Å². The lowest BCUT2D eigenvalue weighted by Crippen LogP contribution is -2.44. The number of carbonyl (C=O) groups is 1. The van der Waals surface area contributed by atoms with Crippen LogP contribution in [-0.2, 0) is 9.53 Å². The number of hydrogen-bond acceptors (Lipinski definition) is 9. The van der Waals surface area contributed by atoms with Crippen LogP contribution in [0.25, 0.3) is 0 Å². The Morgan fingerprint density at radius 3 is 2.58 bits per heavy atom. The fourth-order valence-corrected chi connectivity index (χ4v) is 3.77. The summed E-state index contributed by atoms with van der Waals surface area (Å²) in [6.07, 6.45) is -0.769. The quantitative estimate of drug-likeness (QED) is 0.498. The topological polar surface area (TPSA) is 154 Å². The number of aliphatic hydroxyl groups is 2. The number of nitrogen functional groups attached to an aromatic ring is 1. The van der Waals surface area contributed by atoms with E-state index in [1.165, 1.54) is 16.8 Å². The van der Waals surface area contributed by atoms with Crippen molar-refractivity contribution < 1.29 is 19.7 Å². The van der Waals surface area contributed by atoms with Gasteiger partial charge in [0, 0.05) is 6.20 Å². The molecule has 26 heavy (non-hydrogen) atoms. The maximum Gasteiger partial charge on any atom is 0.350 e. The maximum absolute atomic E-state index is 12.1. The molecule has 1 aliphatic rings. The van der Waals surface area contributed by atoms with E-state index < -0.39 is 40.5 Å². The Morgan fingerprint density at radius 1 is 1.46 bits per heavy atom. The zero-order valence-corrected chi connectivity index (χ0v) is 16.2. The third-order valence-corrected chi connectivity index (χ3v) is 5.41. The predicted octanol–water partition coefficient (Wildman–Crippen LogP) is -0.286. The minimum Gasteiger partial charge on any atom is -0.457 e. The van der Waals surface area contributed by atoms with Crippen LogP contribution in [0.2, 0.25) is 0 Å². The third kappa shape index (κ3) is 4.97. The van der Waals surface area contributed by atoms with Gasteiger partial charge in [-0.15, -0.1) is 11.8 Å². The largest absolute Gasteiger partial charge is 0.457 e. The molecule has 148 valence electrons. The molecule has 9 nitrogen and oxygen atoms in total. The zero-order chi connectivity index (χ0) is 20.0. The van der Waals surface area contributed by atoms with Gasteiger partial charge in [-0.2, -0.15) is 4.98 Å². The number of anilines is 1. The Labute approximate surface area is 156 Å². The molecule has 1 aromatic rings. The second kappa shape index (κ2) is 9.91. The lowest BCUT2D eigenvalue weighted by molar-refractivity contribution is -0.157. The summed E-state index contributed by atoms with van der Waals surface area (Å²) in [5.41, 5.74) is 10.6. The van der Waals surface area contributed by atoms with E-state index in [9.17, 15) is 19.8 Å². The molecule has 0 radical (unpaired) electrons. The number of esters is 1. The van der Waals surface area contributed by atoms with Crippen molar-refractivity contribution in [1.29, 1.82) is 0 Å². The predicted molar refractivity (Wildman–Crippen MR) is 100 cm³/mol. The summed E-state index contributed by atoms with van der Waals surface area (Å²) in [6.45, 7) is 7.22. The van der Waals surface area contributed by atoms with Gasteiger partial charge in [0.15, 0.2) is 0 Å². The molecule has 1 aromatic heterocycles. The van der Waals surface area contributed by atoms with E-state index in [-0.39, 0.29) is 18.3 Å². The maximum atomic E-state index is 12.1. The molecule has 1 saturated heterocycles. The number of aromatic nitrogens is 2. The van der Waals surface area contributed by atoms with Gasteiger partial charge in [0.05, 0.1) is 11.9 Å². The number of ether oxygens (including phenoxy) is 1. The van der Waals surface area contributed by atoms with Crippen LogP contribution in [0.5, 0.6) is 0 Å². The van der Waals surface area contributed by atoms with Crippen molar-refractivity contribution >= 4 is 23.5 Å². The fourth-order valence-electron chi connectivity index (χ4n) is 2.35. The molecule has 5 atom stereocenters. The van der Waals surface area contributed by atoms with E-state index in [2.05, 4.69) is 4.98 Å². The van der Waals surface area contributed by atoms with Gasteiger partial charge in [-0.3, -0.25) is 9.36 Å². The summed E-state index contributed by atoms with van der Waals surface area (Å²) in [5.74, 6) is -0.717. The molecule has 0 spiro atoms. The van der Waals surface area contributed by atoms with Crippen LogP contribution in [0.15, 0.2) is 17.1 Å². The Balaban J connectivity index is 0.00000163. The molecule has 0 amide bonds. The number of hydrogen-bond donors (Lipinski definition) is 4. The number of rotatable bonds is 5. The van der Waals surface area contributed by atoms with E-state index in [0.717, 1.165) is 11.8 Å². The van der Waals surface area contributed by atoms with Crippen molar-refractivity contribution in [3.05, 3.63) is 22.7 Å². The summed E-state index contributed by atoms with van der Waals surface area (Å²) in [7, 11) is 0. The molecule has 0 aliphatic carbocycles. The first-order valence-electron chi connectivity index (χ1n) is 8.51. The molecule has 6 N–H and O–H groups in total. The van der Waals surface area contributed by atoms with Crippen LogP contribution >= 0.6 is 11.8 Å². The van der Waals surface area contributed by atoms with Crippen LogP contribution in [0.4, 0.5) is 5.82 Å². The molecular formula is C16H28N4O5S. The molecule has 2 rings (SSSR count). The Hall–Kier alpha value is -1.62. The molecule has 0 bridgehead atoms. The highest BCUT2D eigenvalue weighted by Crippen LogP contribution is 2.42. The third-order valence-electron chi connectivity index (χ3n) is 3.86. The normalized spacial score (nSPS) is 26.2. The first-order valence-corrected chi connectivity index (χ1v) is 9.45. The first kappa shape index (κ1) is 22.4. The van der Waals surface area contributed by atoms with Crippen LogP contribution < -0.4 is 17.2 Å². The second-order valence-electron chi connectivity index (χ2n) is 5.95. The van der Waals surface area contributed by atoms with Crippen molar-refractivity contribution in [3.8, 4) is 0 Å². The Kier molecular flexibility index (Phi) is 8.54. The van der Waals surface area contributed by atoms with E-state index >= 15 is 0 Å². The molecule has 2 heterocycles. The smallest absolute Gasteiger partial charge is 0.350 e. The van der Waals surface area contributed by atoms with Gasteiger partial charge >= 0.3 is 11.7 Å². The molecular weight excluding hydrogens is 360 g/mol. The molecule has 0 saturated carbocycles. The summed E-state index contributed by atoms with van der Waals surface area (Å²) in [6, 6.07) is 0.595. The Morgan fingerprint density at radius 2 is 2.08 bits per heavy atom. The first-order chi connectivity index (χ1) is 12.3. The summed E-state index contributed by atoms with van der Waals surface area (Å²) < 4.78 is 6.51.